The molecule has 0 unspecified atom stereocenters. The van der Waals surface area contributed by atoms with E-state index < -0.39 is 31.6 Å². The minimum atomic E-state index is -4.05. The second-order valence-electron chi connectivity index (χ2n) is 5.59. The first-order valence-electron chi connectivity index (χ1n) is 6.35. The summed E-state index contributed by atoms with van der Waals surface area (Å²) in [5.41, 5.74) is 0. The molecule has 0 amide bonds. The topological polar surface area (TPSA) is 85.9 Å². The Morgan fingerprint density at radius 1 is 1.00 bits per heavy atom. The van der Waals surface area contributed by atoms with Crippen LogP contribution in [-0.4, -0.2) is 31.1 Å². The quantitative estimate of drug-likeness (QED) is 0.753. The second kappa shape index (κ2) is 4.38. The van der Waals surface area contributed by atoms with Crippen molar-refractivity contribution < 1.29 is 23.2 Å². The summed E-state index contributed by atoms with van der Waals surface area (Å²) in [6.45, 7) is 7.52. The molecular formula is C11H21N2O5P. The standard InChI is InChI=1S/C11H21N2O5P/c1-6(2)8-10(14)17-19(12-8,16-5)13-9(7(3)4)11(15)18-19/h6-9,12-13H,1-5H3/t8-,9-/m0/s1. The molecule has 0 aromatic rings. The van der Waals surface area contributed by atoms with Gasteiger partial charge in [0, 0.05) is 0 Å². The summed E-state index contributed by atoms with van der Waals surface area (Å²) in [6.07, 6.45) is 0. The third kappa shape index (κ3) is 2.14. The summed E-state index contributed by atoms with van der Waals surface area (Å²) in [5, 5.41) is 5.95. The van der Waals surface area contributed by atoms with Crippen molar-refractivity contribution in [2.45, 2.75) is 39.8 Å². The van der Waals surface area contributed by atoms with Gasteiger partial charge in [-0.3, -0.25) is 0 Å². The Kier molecular flexibility index (Phi) is 3.38. The van der Waals surface area contributed by atoms with Crippen LogP contribution in [0.5, 0.6) is 0 Å². The summed E-state index contributed by atoms with van der Waals surface area (Å²) in [7, 11) is -2.69. The summed E-state index contributed by atoms with van der Waals surface area (Å²) in [5.74, 6) is -0.913. The molecule has 2 heterocycles. The molecule has 2 saturated heterocycles. The number of carbonyl (C=O) groups is 2. The molecule has 0 saturated carbocycles. The van der Waals surface area contributed by atoms with E-state index in [-0.39, 0.29) is 11.8 Å². The molecule has 19 heavy (non-hydrogen) atoms. The molecule has 110 valence electrons. The fourth-order valence-electron chi connectivity index (χ4n) is 2.21. The Morgan fingerprint density at radius 3 is 1.58 bits per heavy atom. The predicted octanol–water partition coefficient (Wildman–Crippen LogP) is 1.10. The van der Waals surface area contributed by atoms with Crippen LogP contribution in [0.25, 0.3) is 0 Å². The fourth-order valence-corrected chi connectivity index (χ4v) is 5.54. The molecule has 2 rings (SSSR count). The van der Waals surface area contributed by atoms with E-state index in [9.17, 15) is 9.59 Å². The fraction of sp³-hybridized carbons (Fsp3) is 0.818. The van der Waals surface area contributed by atoms with Gasteiger partial charge in [-0.05, 0) is 0 Å². The van der Waals surface area contributed by atoms with Crippen molar-refractivity contribution in [2.75, 3.05) is 7.11 Å². The SMILES string of the molecule is COP12(N[C@@H](C(C)C)C(=O)O1)N[C@@H](C(C)C)C(=O)O2. The maximum absolute atomic E-state index is 12.0. The molecule has 2 aliphatic rings. The molecule has 7 nitrogen and oxygen atoms in total. The molecule has 0 bridgehead atoms. The van der Waals surface area contributed by atoms with Crippen LogP contribution >= 0.6 is 7.59 Å². The van der Waals surface area contributed by atoms with Crippen LogP contribution in [-0.2, 0) is 23.2 Å². The predicted molar refractivity (Wildman–Crippen MR) is 69.6 cm³/mol. The van der Waals surface area contributed by atoms with E-state index in [1.165, 1.54) is 7.11 Å². The molecule has 0 aromatic heterocycles. The van der Waals surface area contributed by atoms with Gasteiger partial charge in [0.1, 0.15) is 0 Å². The molecular weight excluding hydrogens is 271 g/mol. The van der Waals surface area contributed by atoms with Crippen molar-refractivity contribution in [2.24, 2.45) is 11.8 Å². The molecule has 2 aliphatic heterocycles. The molecule has 2 atom stereocenters. The molecule has 2 fully saturated rings. The molecule has 1 spiro atoms. The molecule has 8 heteroatoms. The van der Waals surface area contributed by atoms with E-state index in [1.54, 1.807) is 0 Å². The van der Waals surface area contributed by atoms with Crippen molar-refractivity contribution in [1.82, 2.24) is 10.2 Å². The van der Waals surface area contributed by atoms with Gasteiger partial charge in [-0.15, -0.1) is 0 Å². The number of nitrogens with one attached hydrogen (secondary N) is 2. The van der Waals surface area contributed by atoms with E-state index in [1.807, 2.05) is 27.7 Å². The van der Waals surface area contributed by atoms with Crippen molar-refractivity contribution >= 4 is 19.5 Å². The minimum absolute atomic E-state index is 0.00255. The average molecular weight is 292 g/mol. The normalized spacial score (nSPS) is 34.4. The summed E-state index contributed by atoms with van der Waals surface area (Å²) in [4.78, 5) is 23.9. The summed E-state index contributed by atoms with van der Waals surface area (Å²) >= 11 is 0. The first kappa shape index (κ1) is 14.7. The second-order valence-corrected chi connectivity index (χ2v) is 8.60. The van der Waals surface area contributed by atoms with Crippen LogP contribution in [0.15, 0.2) is 0 Å². The van der Waals surface area contributed by atoms with Crippen LogP contribution in [0.4, 0.5) is 0 Å². The van der Waals surface area contributed by atoms with Gasteiger partial charge in [0.05, 0.1) is 0 Å². The Labute approximate surface area is 112 Å². The van der Waals surface area contributed by atoms with Crippen LogP contribution in [0, 0.1) is 11.8 Å². The van der Waals surface area contributed by atoms with Crippen molar-refractivity contribution in [3.63, 3.8) is 0 Å². The third-order valence-electron chi connectivity index (χ3n) is 3.41. The number of carbonyl (C=O) groups excluding carboxylic acids is 2. The van der Waals surface area contributed by atoms with Gasteiger partial charge >= 0.3 is 112 Å². The summed E-state index contributed by atoms with van der Waals surface area (Å²) in [6, 6.07) is -1.10. The molecule has 0 aliphatic carbocycles. The van der Waals surface area contributed by atoms with Gasteiger partial charge in [-0.25, -0.2) is 0 Å². The number of hydrogen-bond donors (Lipinski definition) is 2. The van der Waals surface area contributed by atoms with Crippen LogP contribution in [0.3, 0.4) is 0 Å². The van der Waals surface area contributed by atoms with Gasteiger partial charge in [0.25, 0.3) is 0 Å². The van der Waals surface area contributed by atoms with Crippen molar-refractivity contribution in [3.05, 3.63) is 0 Å². The van der Waals surface area contributed by atoms with E-state index in [0.29, 0.717) is 0 Å². The van der Waals surface area contributed by atoms with Crippen LogP contribution < -0.4 is 10.2 Å². The Balaban J connectivity index is 2.35. The molecule has 0 aromatic carbocycles. The van der Waals surface area contributed by atoms with E-state index in [2.05, 4.69) is 10.2 Å². The van der Waals surface area contributed by atoms with Gasteiger partial charge in [-0.2, -0.15) is 0 Å². The zero-order valence-corrected chi connectivity index (χ0v) is 12.7. The van der Waals surface area contributed by atoms with Gasteiger partial charge in [-0.1, -0.05) is 0 Å². The average Bonchev–Trinajstić information content (AvgIpc) is 2.77. The van der Waals surface area contributed by atoms with E-state index in [4.69, 9.17) is 13.6 Å². The number of rotatable bonds is 3. The molecule has 2 N–H and O–H groups in total. The summed E-state index contributed by atoms with van der Waals surface area (Å²) < 4.78 is 16.1. The number of hydrogen-bond acceptors (Lipinski definition) is 7. The Bertz CT molecular complexity index is 389. The zero-order valence-electron chi connectivity index (χ0n) is 11.8. The van der Waals surface area contributed by atoms with Gasteiger partial charge < -0.3 is 0 Å². The monoisotopic (exact) mass is 292 g/mol. The van der Waals surface area contributed by atoms with Gasteiger partial charge in [0.2, 0.25) is 0 Å². The molecule has 0 radical (unpaired) electrons. The van der Waals surface area contributed by atoms with Crippen molar-refractivity contribution in [1.29, 1.82) is 0 Å². The van der Waals surface area contributed by atoms with E-state index >= 15 is 0 Å². The first-order valence-corrected chi connectivity index (χ1v) is 8.34. The maximum atomic E-state index is 12.0. The van der Waals surface area contributed by atoms with Gasteiger partial charge in [0.15, 0.2) is 0 Å². The van der Waals surface area contributed by atoms with E-state index in [0.717, 1.165) is 0 Å². The van der Waals surface area contributed by atoms with Crippen molar-refractivity contribution in [3.8, 4) is 0 Å². The zero-order chi connectivity index (χ0) is 14.4. The van der Waals surface area contributed by atoms with Crippen LogP contribution in [0.1, 0.15) is 27.7 Å². The Morgan fingerprint density at radius 2 is 1.37 bits per heavy atom. The third-order valence-corrected chi connectivity index (χ3v) is 6.54. The Hall–Kier alpha value is -0.750. The van der Waals surface area contributed by atoms with Crippen LogP contribution in [0.2, 0.25) is 0 Å². The first-order chi connectivity index (χ1) is 8.72.